The molecule has 0 saturated carbocycles. The van der Waals surface area contributed by atoms with Gasteiger partial charge in [-0.25, -0.2) is 4.98 Å². The molecule has 1 saturated heterocycles. The van der Waals surface area contributed by atoms with Gasteiger partial charge < -0.3 is 14.4 Å². The van der Waals surface area contributed by atoms with Crippen LogP contribution in [0.1, 0.15) is 34.9 Å². The lowest BCUT2D eigenvalue weighted by Gasteiger charge is -2.24. The number of thiazole rings is 1. The molecule has 4 rings (SSSR count). The Kier molecular flexibility index (Phi) is 5.30. The smallest absolute Gasteiger partial charge is 0.273 e. The lowest BCUT2D eigenvalue weighted by molar-refractivity contribution is 0.0730. The molecule has 144 valence electrons. The quantitative estimate of drug-likeness (QED) is 0.623. The van der Waals surface area contributed by atoms with E-state index in [1.165, 1.54) is 11.3 Å². The molecule has 1 amide bonds. The van der Waals surface area contributed by atoms with Crippen LogP contribution in [-0.2, 0) is 0 Å². The van der Waals surface area contributed by atoms with Gasteiger partial charge in [0.25, 0.3) is 5.91 Å². The lowest BCUT2D eigenvalue weighted by atomic mass is 10.0. The van der Waals surface area contributed by atoms with Gasteiger partial charge in [0.2, 0.25) is 0 Å². The van der Waals surface area contributed by atoms with Gasteiger partial charge in [-0.2, -0.15) is 0 Å². The number of ether oxygens (including phenoxy) is 2. The van der Waals surface area contributed by atoms with Crippen molar-refractivity contribution < 1.29 is 14.3 Å². The normalized spacial score (nSPS) is 16.2. The van der Waals surface area contributed by atoms with Gasteiger partial charge in [0.05, 0.1) is 20.3 Å². The molecule has 0 N–H and O–H groups in total. The zero-order valence-corrected chi connectivity index (χ0v) is 16.7. The lowest BCUT2D eigenvalue weighted by Crippen LogP contribution is -2.30. The van der Waals surface area contributed by atoms with Gasteiger partial charge in [-0.1, -0.05) is 12.1 Å². The van der Waals surface area contributed by atoms with Gasteiger partial charge in [-0.3, -0.25) is 4.79 Å². The van der Waals surface area contributed by atoms with Crippen molar-refractivity contribution in [3.05, 3.63) is 65.2 Å². The van der Waals surface area contributed by atoms with Crippen LogP contribution in [0.5, 0.6) is 11.5 Å². The van der Waals surface area contributed by atoms with Crippen LogP contribution in [0, 0.1) is 0 Å². The van der Waals surface area contributed by atoms with E-state index < -0.39 is 0 Å². The zero-order chi connectivity index (χ0) is 19.5. The molecule has 1 aliphatic rings. The molecule has 2 heterocycles. The summed E-state index contributed by atoms with van der Waals surface area (Å²) in [7, 11) is 3.30. The van der Waals surface area contributed by atoms with Crippen LogP contribution in [0.25, 0.3) is 10.6 Å². The fraction of sp³-hybridized carbons (Fsp3) is 0.273. The van der Waals surface area contributed by atoms with Gasteiger partial charge in [0.15, 0.2) is 0 Å². The minimum atomic E-state index is -0.00525. The molecule has 0 radical (unpaired) electrons. The zero-order valence-electron chi connectivity index (χ0n) is 15.9. The molecule has 3 aromatic rings. The van der Waals surface area contributed by atoms with E-state index in [1.54, 1.807) is 14.2 Å². The van der Waals surface area contributed by atoms with Crippen molar-refractivity contribution in [2.45, 2.75) is 18.9 Å². The number of likely N-dealkylation sites (tertiary alicyclic amines) is 1. The summed E-state index contributed by atoms with van der Waals surface area (Å²) in [6.07, 6.45) is 1.96. The maximum atomic E-state index is 13.1. The highest BCUT2D eigenvalue weighted by atomic mass is 32.1. The highest BCUT2D eigenvalue weighted by molar-refractivity contribution is 7.13. The van der Waals surface area contributed by atoms with Crippen LogP contribution in [0.3, 0.4) is 0 Å². The summed E-state index contributed by atoms with van der Waals surface area (Å²) in [5.41, 5.74) is 2.63. The molecule has 0 spiro atoms. The van der Waals surface area contributed by atoms with Crippen molar-refractivity contribution in [2.24, 2.45) is 0 Å². The van der Waals surface area contributed by atoms with Crippen LogP contribution in [0.15, 0.2) is 53.9 Å². The van der Waals surface area contributed by atoms with E-state index >= 15 is 0 Å². The van der Waals surface area contributed by atoms with Crippen molar-refractivity contribution in [1.29, 1.82) is 0 Å². The molecule has 1 aliphatic heterocycles. The first-order valence-corrected chi connectivity index (χ1v) is 10.1. The fourth-order valence-electron chi connectivity index (χ4n) is 3.57. The maximum Gasteiger partial charge on any atom is 0.273 e. The number of hydrogen-bond acceptors (Lipinski definition) is 5. The third kappa shape index (κ3) is 3.60. The molecule has 1 fully saturated rings. The molecule has 1 aromatic heterocycles. The van der Waals surface area contributed by atoms with E-state index in [0.717, 1.165) is 47.0 Å². The minimum Gasteiger partial charge on any atom is -0.497 e. The first-order valence-electron chi connectivity index (χ1n) is 9.24. The first-order chi connectivity index (χ1) is 13.7. The average Bonchev–Trinajstić information content (AvgIpc) is 3.43. The summed E-state index contributed by atoms with van der Waals surface area (Å²) < 4.78 is 10.4. The average molecular weight is 394 g/mol. The summed E-state index contributed by atoms with van der Waals surface area (Å²) in [6, 6.07) is 15.8. The summed E-state index contributed by atoms with van der Waals surface area (Å²) >= 11 is 1.49. The standard InChI is InChI=1S/C22H22N2O3S/c1-26-17-9-5-15(6-10-17)20-4-3-13-24(20)22(25)19-14-28-21(23-19)16-7-11-18(27-2)12-8-16/h5-12,14,20H,3-4,13H2,1-2H3. The Morgan fingerprint density at radius 3 is 2.32 bits per heavy atom. The van der Waals surface area contributed by atoms with Gasteiger partial charge in [-0.05, 0) is 54.8 Å². The Labute approximate surface area is 168 Å². The molecule has 0 bridgehead atoms. The number of hydrogen-bond donors (Lipinski definition) is 0. The van der Waals surface area contributed by atoms with E-state index in [1.807, 2.05) is 58.8 Å². The number of methoxy groups -OCH3 is 2. The van der Waals surface area contributed by atoms with Crippen molar-refractivity contribution in [3.63, 3.8) is 0 Å². The summed E-state index contributed by atoms with van der Waals surface area (Å²) in [4.78, 5) is 19.7. The number of benzene rings is 2. The Hall–Kier alpha value is -2.86. The summed E-state index contributed by atoms with van der Waals surface area (Å²) in [5, 5.41) is 2.69. The number of amides is 1. The number of rotatable bonds is 5. The Bertz CT molecular complexity index is 951. The Balaban J connectivity index is 1.53. The van der Waals surface area contributed by atoms with E-state index in [9.17, 15) is 4.79 Å². The molecule has 1 atom stereocenters. The highest BCUT2D eigenvalue weighted by Gasteiger charge is 2.31. The second-order valence-electron chi connectivity index (χ2n) is 6.70. The predicted octanol–water partition coefficient (Wildman–Crippen LogP) is 4.80. The van der Waals surface area contributed by atoms with E-state index in [-0.39, 0.29) is 11.9 Å². The molecule has 5 nitrogen and oxygen atoms in total. The molecule has 2 aromatic carbocycles. The molecule has 6 heteroatoms. The van der Waals surface area contributed by atoms with Crippen LogP contribution in [0.4, 0.5) is 0 Å². The number of carbonyl (C=O) groups is 1. The van der Waals surface area contributed by atoms with Crippen molar-refractivity contribution in [2.75, 3.05) is 20.8 Å². The second kappa shape index (κ2) is 8.02. The molecular formula is C22H22N2O3S. The Morgan fingerprint density at radius 1 is 1.04 bits per heavy atom. The van der Waals surface area contributed by atoms with Crippen molar-refractivity contribution in [1.82, 2.24) is 9.88 Å². The monoisotopic (exact) mass is 394 g/mol. The van der Waals surface area contributed by atoms with Crippen LogP contribution >= 0.6 is 11.3 Å². The number of aromatic nitrogens is 1. The van der Waals surface area contributed by atoms with Gasteiger partial charge in [-0.15, -0.1) is 11.3 Å². The van der Waals surface area contributed by atoms with Gasteiger partial charge in [0.1, 0.15) is 22.2 Å². The third-order valence-corrected chi connectivity index (χ3v) is 5.97. The molecule has 1 unspecified atom stereocenters. The fourth-order valence-corrected chi connectivity index (χ4v) is 4.37. The molecular weight excluding hydrogens is 372 g/mol. The van der Waals surface area contributed by atoms with Crippen LogP contribution < -0.4 is 9.47 Å². The van der Waals surface area contributed by atoms with Crippen molar-refractivity contribution in [3.8, 4) is 22.1 Å². The summed E-state index contributed by atoms with van der Waals surface area (Å²) in [5.74, 6) is 1.62. The second-order valence-corrected chi connectivity index (χ2v) is 7.55. The number of nitrogens with zero attached hydrogens (tertiary/aromatic N) is 2. The molecule has 0 aliphatic carbocycles. The van der Waals surface area contributed by atoms with Gasteiger partial charge in [0, 0.05) is 17.5 Å². The summed E-state index contributed by atoms with van der Waals surface area (Å²) in [6.45, 7) is 0.755. The van der Waals surface area contributed by atoms with E-state index in [4.69, 9.17) is 9.47 Å². The van der Waals surface area contributed by atoms with Crippen LogP contribution in [0.2, 0.25) is 0 Å². The number of carbonyl (C=O) groups excluding carboxylic acids is 1. The molecule has 28 heavy (non-hydrogen) atoms. The topological polar surface area (TPSA) is 51.7 Å². The minimum absolute atomic E-state index is 0.00525. The van der Waals surface area contributed by atoms with Crippen LogP contribution in [-0.4, -0.2) is 36.6 Å². The Morgan fingerprint density at radius 2 is 1.68 bits per heavy atom. The van der Waals surface area contributed by atoms with E-state index in [2.05, 4.69) is 4.98 Å². The highest BCUT2D eigenvalue weighted by Crippen LogP contribution is 2.34. The van der Waals surface area contributed by atoms with Crippen molar-refractivity contribution >= 4 is 17.2 Å². The SMILES string of the molecule is COc1ccc(-c2nc(C(=O)N3CCCC3c3ccc(OC)cc3)cs2)cc1. The maximum absolute atomic E-state index is 13.1. The third-order valence-electron chi connectivity index (χ3n) is 5.07. The van der Waals surface area contributed by atoms with E-state index in [0.29, 0.717) is 5.69 Å². The first kappa shape index (κ1) is 18.5. The van der Waals surface area contributed by atoms with Gasteiger partial charge >= 0.3 is 0 Å². The largest absolute Gasteiger partial charge is 0.497 e. The predicted molar refractivity (Wildman–Crippen MR) is 110 cm³/mol.